The maximum Gasteiger partial charge on any atom is 0.249 e. The second kappa shape index (κ2) is 7.28. The number of ether oxygens (including phenoxy) is 2. The Balaban J connectivity index is 0.00000162. The lowest BCUT2D eigenvalue weighted by atomic mass is 9.84. The molecule has 2 aliphatic heterocycles. The highest BCUT2D eigenvalue weighted by molar-refractivity contribution is 5.85. The van der Waals surface area contributed by atoms with E-state index in [1.807, 2.05) is 4.90 Å². The third-order valence-electron chi connectivity index (χ3n) is 3.84. The quantitative estimate of drug-likeness (QED) is 0.796. The molecule has 1 spiro atoms. The first-order valence-corrected chi connectivity index (χ1v) is 6.36. The van der Waals surface area contributed by atoms with Crippen molar-refractivity contribution in [2.75, 3.05) is 46.6 Å². The molecule has 0 bridgehead atoms. The van der Waals surface area contributed by atoms with Gasteiger partial charge in [-0.1, -0.05) is 0 Å². The van der Waals surface area contributed by atoms with Crippen molar-refractivity contribution in [1.29, 1.82) is 0 Å². The molecule has 2 aliphatic rings. The molecule has 2 fully saturated rings. The second-order valence-corrected chi connectivity index (χ2v) is 4.82. The molecule has 0 aromatic carbocycles. The van der Waals surface area contributed by atoms with E-state index in [0.29, 0.717) is 0 Å². The molecule has 6 heteroatoms. The largest absolute Gasteiger partial charge is 0.381 e. The van der Waals surface area contributed by atoms with E-state index in [1.54, 1.807) is 7.11 Å². The van der Waals surface area contributed by atoms with E-state index < -0.39 is 0 Å². The molecule has 0 saturated carbocycles. The zero-order chi connectivity index (χ0) is 12.1. The average Bonchev–Trinajstić information content (AvgIpc) is 2.53. The van der Waals surface area contributed by atoms with Gasteiger partial charge in [0.1, 0.15) is 6.61 Å². The highest BCUT2D eigenvalue weighted by Crippen LogP contribution is 2.32. The average molecular weight is 279 g/mol. The lowest BCUT2D eigenvalue weighted by molar-refractivity contribution is -0.145. The Hall–Kier alpha value is -0.360. The summed E-state index contributed by atoms with van der Waals surface area (Å²) in [4.78, 5) is 14.2. The maximum absolute atomic E-state index is 12.2. The van der Waals surface area contributed by atoms with Crippen LogP contribution in [0, 0.1) is 0 Å². The third-order valence-corrected chi connectivity index (χ3v) is 3.84. The van der Waals surface area contributed by atoms with Crippen molar-refractivity contribution in [1.82, 2.24) is 10.2 Å². The fourth-order valence-corrected chi connectivity index (χ4v) is 2.87. The zero-order valence-corrected chi connectivity index (χ0v) is 11.8. The zero-order valence-electron chi connectivity index (χ0n) is 10.9. The number of carbonyl (C=O) groups is 1. The molecule has 2 rings (SSSR count). The van der Waals surface area contributed by atoms with Crippen molar-refractivity contribution >= 4 is 18.3 Å². The molecular formula is C12H23ClN2O3. The molecule has 18 heavy (non-hydrogen) atoms. The van der Waals surface area contributed by atoms with Gasteiger partial charge in [0.2, 0.25) is 5.91 Å². The van der Waals surface area contributed by atoms with Gasteiger partial charge in [0.15, 0.2) is 0 Å². The van der Waals surface area contributed by atoms with E-state index in [2.05, 4.69) is 5.32 Å². The van der Waals surface area contributed by atoms with Crippen molar-refractivity contribution in [3.63, 3.8) is 0 Å². The van der Waals surface area contributed by atoms with E-state index >= 15 is 0 Å². The van der Waals surface area contributed by atoms with Crippen LogP contribution in [0.4, 0.5) is 0 Å². The summed E-state index contributed by atoms with van der Waals surface area (Å²) in [5.41, 5.74) is -0.00262. The normalized spacial score (nSPS) is 23.3. The summed E-state index contributed by atoms with van der Waals surface area (Å²) in [5.74, 6) is 0.109. The molecule has 106 valence electrons. The highest BCUT2D eigenvalue weighted by atomic mass is 35.5. The number of nitrogens with one attached hydrogen (secondary N) is 1. The predicted molar refractivity (Wildman–Crippen MR) is 71.1 cm³/mol. The van der Waals surface area contributed by atoms with Gasteiger partial charge >= 0.3 is 0 Å². The number of hydrogen-bond acceptors (Lipinski definition) is 4. The van der Waals surface area contributed by atoms with Gasteiger partial charge in [-0.25, -0.2) is 0 Å². The summed E-state index contributed by atoms with van der Waals surface area (Å²) in [7, 11) is 1.57. The topological polar surface area (TPSA) is 50.8 Å². The van der Waals surface area contributed by atoms with E-state index in [4.69, 9.17) is 9.47 Å². The molecule has 2 saturated heterocycles. The summed E-state index contributed by atoms with van der Waals surface area (Å²) >= 11 is 0. The van der Waals surface area contributed by atoms with Crippen molar-refractivity contribution in [3.05, 3.63) is 0 Å². The minimum atomic E-state index is -0.00262. The van der Waals surface area contributed by atoms with E-state index in [0.717, 1.165) is 52.1 Å². The Morgan fingerprint density at radius 1 is 1.33 bits per heavy atom. The first kappa shape index (κ1) is 15.7. The van der Waals surface area contributed by atoms with Gasteiger partial charge in [0, 0.05) is 39.0 Å². The maximum atomic E-state index is 12.2. The molecular weight excluding hydrogens is 256 g/mol. The van der Waals surface area contributed by atoms with Crippen LogP contribution < -0.4 is 5.32 Å². The van der Waals surface area contributed by atoms with Crippen molar-refractivity contribution in [2.45, 2.75) is 24.8 Å². The molecule has 0 radical (unpaired) electrons. The number of methoxy groups -OCH3 is 1. The summed E-state index contributed by atoms with van der Waals surface area (Å²) in [6.45, 7) is 4.34. The Morgan fingerprint density at radius 2 is 2.06 bits per heavy atom. The Bertz CT molecular complexity index is 270. The van der Waals surface area contributed by atoms with Crippen LogP contribution in [0.15, 0.2) is 0 Å². The van der Waals surface area contributed by atoms with Crippen LogP contribution in [-0.2, 0) is 14.3 Å². The number of halogens is 1. The molecule has 0 unspecified atom stereocenters. The molecule has 0 aliphatic carbocycles. The number of amides is 1. The lowest BCUT2D eigenvalue weighted by Crippen LogP contribution is -2.55. The molecule has 2 heterocycles. The van der Waals surface area contributed by atoms with Crippen LogP contribution >= 0.6 is 12.4 Å². The molecule has 1 N–H and O–H groups in total. The van der Waals surface area contributed by atoms with Crippen LogP contribution in [0.1, 0.15) is 19.3 Å². The summed E-state index contributed by atoms with van der Waals surface area (Å²) < 4.78 is 10.4. The van der Waals surface area contributed by atoms with Gasteiger partial charge in [-0.3, -0.25) is 4.79 Å². The monoisotopic (exact) mass is 278 g/mol. The van der Waals surface area contributed by atoms with Gasteiger partial charge in [-0.15, -0.1) is 12.4 Å². The summed E-state index contributed by atoms with van der Waals surface area (Å²) in [5, 5.41) is 3.37. The smallest absolute Gasteiger partial charge is 0.249 e. The fourth-order valence-electron chi connectivity index (χ4n) is 2.87. The summed E-state index contributed by atoms with van der Waals surface area (Å²) in [6, 6.07) is 0. The first-order chi connectivity index (χ1) is 8.28. The molecule has 0 aromatic heterocycles. The highest BCUT2D eigenvalue weighted by Gasteiger charge is 2.41. The molecule has 0 aromatic rings. The third kappa shape index (κ3) is 3.35. The predicted octanol–water partition coefficient (Wildman–Crippen LogP) is 0.426. The van der Waals surface area contributed by atoms with Crippen molar-refractivity contribution < 1.29 is 14.3 Å². The van der Waals surface area contributed by atoms with Crippen LogP contribution in [0.2, 0.25) is 0 Å². The Morgan fingerprint density at radius 3 is 2.72 bits per heavy atom. The molecule has 0 atom stereocenters. The van der Waals surface area contributed by atoms with Crippen molar-refractivity contribution in [2.24, 2.45) is 0 Å². The van der Waals surface area contributed by atoms with Gasteiger partial charge in [-0.05, 0) is 25.8 Å². The Labute approximate surface area is 115 Å². The van der Waals surface area contributed by atoms with Crippen LogP contribution in [0.25, 0.3) is 0 Å². The number of rotatable bonds is 2. The number of carbonyl (C=O) groups excluding carboxylic acids is 1. The van der Waals surface area contributed by atoms with Crippen molar-refractivity contribution in [3.8, 4) is 0 Å². The molecule has 5 nitrogen and oxygen atoms in total. The van der Waals surface area contributed by atoms with Gasteiger partial charge in [-0.2, -0.15) is 0 Å². The van der Waals surface area contributed by atoms with Gasteiger partial charge in [0.25, 0.3) is 0 Å². The van der Waals surface area contributed by atoms with Gasteiger partial charge < -0.3 is 19.7 Å². The number of nitrogens with zero attached hydrogens (tertiary/aromatic N) is 1. The van der Waals surface area contributed by atoms with Gasteiger partial charge in [0.05, 0.1) is 0 Å². The fraction of sp³-hybridized carbons (Fsp3) is 0.917. The minimum Gasteiger partial charge on any atom is -0.381 e. The van der Waals surface area contributed by atoms with Crippen LogP contribution in [0.5, 0.6) is 0 Å². The standard InChI is InChI=1S/C12H22N2O3.ClH/c1-16-10-11(15)14-7-6-13-5-2-12(14)3-8-17-9-4-12;/h13H,2-10H2,1H3;1H. The van der Waals surface area contributed by atoms with Crippen LogP contribution in [0.3, 0.4) is 0 Å². The van der Waals surface area contributed by atoms with E-state index in [9.17, 15) is 4.79 Å². The SMILES string of the molecule is COCC(=O)N1CCNCCC12CCOCC2.Cl. The number of hydrogen-bond donors (Lipinski definition) is 1. The molecule has 1 amide bonds. The summed E-state index contributed by atoms with van der Waals surface area (Å²) in [6.07, 6.45) is 2.92. The second-order valence-electron chi connectivity index (χ2n) is 4.82. The van der Waals surface area contributed by atoms with Crippen LogP contribution in [-0.4, -0.2) is 62.9 Å². The lowest BCUT2D eigenvalue weighted by Gasteiger charge is -2.45. The Kier molecular flexibility index (Phi) is 6.35. The first-order valence-electron chi connectivity index (χ1n) is 6.36. The van der Waals surface area contributed by atoms with E-state index in [-0.39, 0.29) is 30.5 Å². The van der Waals surface area contributed by atoms with E-state index in [1.165, 1.54) is 0 Å². The minimum absolute atomic E-state index is 0.